The predicted molar refractivity (Wildman–Crippen MR) is 68.2 cm³/mol. The largest absolute Gasteiger partial charge is 0.364 e. The molecular weight excluding hydrogens is 288 g/mol. The van der Waals surface area contributed by atoms with Crippen LogP contribution in [-0.2, 0) is 6.54 Å². The number of nitrogens with two attached hydrogens (primary N) is 1. The topological polar surface area (TPSA) is 85.1 Å². The minimum atomic E-state index is -0.749. The lowest BCUT2D eigenvalue weighted by molar-refractivity contribution is 0.0946. The fourth-order valence-corrected chi connectivity index (χ4v) is 2.07. The first-order valence-electron chi connectivity index (χ1n) is 5.45. The van der Waals surface area contributed by atoms with E-state index in [4.69, 9.17) is 5.73 Å². The summed E-state index contributed by atoms with van der Waals surface area (Å²) in [6.45, 7) is -0.117. The van der Waals surface area contributed by atoms with Crippen molar-refractivity contribution in [2.24, 2.45) is 5.73 Å². The first-order chi connectivity index (χ1) is 9.47. The molecule has 3 N–H and O–H groups in total. The molecule has 0 saturated carbocycles. The van der Waals surface area contributed by atoms with Gasteiger partial charge in [0.2, 0.25) is 0 Å². The molecule has 104 valence electrons. The van der Waals surface area contributed by atoms with Gasteiger partial charge in [0.1, 0.15) is 17.3 Å². The quantitative estimate of drug-likeness (QED) is 0.895. The Morgan fingerprint density at radius 2 is 2.10 bits per heavy atom. The van der Waals surface area contributed by atoms with Crippen molar-refractivity contribution in [3.05, 3.63) is 51.5 Å². The van der Waals surface area contributed by atoms with E-state index in [2.05, 4.69) is 10.3 Å². The van der Waals surface area contributed by atoms with Crippen molar-refractivity contribution in [3.8, 4) is 0 Å². The van der Waals surface area contributed by atoms with E-state index in [-0.39, 0.29) is 22.8 Å². The fraction of sp³-hybridized carbons (Fsp3) is 0.0833. The Labute approximate surface area is 116 Å². The number of nitrogens with zero attached hydrogens (tertiary/aromatic N) is 1. The molecule has 2 aromatic rings. The molecule has 0 aliphatic carbocycles. The van der Waals surface area contributed by atoms with Gasteiger partial charge in [0, 0.05) is 23.6 Å². The monoisotopic (exact) mass is 297 g/mol. The molecule has 20 heavy (non-hydrogen) atoms. The summed E-state index contributed by atoms with van der Waals surface area (Å²) in [5, 5.41) is 3.81. The molecule has 0 fully saturated rings. The second-order valence-electron chi connectivity index (χ2n) is 3.82. The molecule has 0 saturated heterocycles. The average molecular weight is 297 g/mol. The molecule has 0 aliphatic rings. The Balaban J connectivity index is 2.02. The number of halogens is 2. The third-order valence-corrected chi connectivity index (χ3v) is 3.26. The number of hydrogen-bond donors (Lipinski definition) is 2. The number of nitrogens with one attached hydrogen (secondary N) is 1. The van der Waals surface area contributed by atoms with Crippen LogP contribution in [0.15, 0.2) is 23.6 Å². The number of rotatable bonds is 4. The summed E-state index contributed by atoms with van der Waals surface area (Å²) in [5.41, 5.74) is 5.18. The zero-order valence-electron chi connectivity index (χ0n) is 10.0. The van der Waals surface area contributed by atoms with Crippen LogP contribution in [0.2, 0.25) is 0 Å². The van der Waals surface area contributed by atoms with E-state index in [9.17, 15) is 18.4 Å². The van der Waals surface area contributed by atoms with Gasteiger partial charge in [-0.2, -0.15) is 0 Å². The first kappa shape index (κ1) is 14.1. The number of primary amides is 1. The van der Waals surface area contributed by atoms with Gasteiger partial charge in [0.05, 0.1) is 0 Å². The van der Waals surface area contributed by atoms with Crippen LogP contribution in [0, 0.1) is 11.6 Å². The normalized spacial score (nSPS) is 10.3. The van der Waals surface area contributed by atoms with Gasteiger partial charge in [-0.1, -0.05) is 6.07 Å². The van der Waals surface area contributed by atoms with Crippen molar-refractivity contribution in [3.63, 3.8) is 0 Å². The Morgan fingerprint density at radius 1 is 1.35 bits per heavy atom. The van der Waals surface area contributed by atoms with Gasteiger partial charge in [0.15, 0.2) is 5.01 Å². The van der Waals surface area contributed by atoms with Crippen molar-refractivity contribution in [1.82, 2.24) is 10.3 Å². The molecule has 0 radical (unpaired) electrons. The lowest BCUT2D eigenvalue weighted by atomic mass is 10.2. The number of carbonyl (C=O) groups is 2. The molecule has 5 nitrogen and oxygen atoms in total. The number of carbonyl (C=O) groups excluding carboxylic acids is 2. The summed E-state index contributed by atoms with van der Waals surface area (Å²) in [6.07, 6.45) is 0. The van der Waals surface area contributed by atoms with Gasteiger partial charge in [0.25, 0.3) is 11.8 Å². The maximum Gasteiger partial charge on any atom is 0.277 e. The molecule has 0 atom stereocenters. The minimum absolute atomic E-state index is 0.0168. The van der Waals surface area contributed by atoms with Gasteiger partial charge in [-0.3, -0.25) is 9.59 Å². The molecule has 0 bridgehead atoms. The SMILES string of the molecule is NC(=O)c1nc(C(=O)NCc2ccc(F)cc2F)cs1. The Morgan fingerprint density at radius 3 is 2.70 bits per heavy atom. The van der Waals surface area contributed by atoms with E-state index in [0.717, 1.165) is 23.5 Å². The van der Waals surface area contributed by atoms with Crippen molar-refractivity contribution in [2.75, 3.05) is 0 Å². The average Bonchev–Trinajstić information content (AvgIpc) is 2.87. The molecule has 1 aromatic heterocycles. The van der Waals surface area contributed by atoms with Gasteiger partial charge in [-0.15, -0.1) is 11.3 Å². The smallest absolute Gasteiger partial charge is 0.277 e. The van der Waals surface area contributed by atoms with Crippen molar-refractivity contribution >= 4 is 23.2 Å². The minimum Gasteiger partial charge on any atom is -0.364 e. The van der Waals surface area contributed by atoms with Crippen LogP contribution in [0.5, 0.6) is 0 Å². The van der Waals surface area contributed by atoms with E-state index >= 15 is 0 Å². The second kappa shape index (κ2) is 5.74. The predicted octanol–water partition coefficient (Wildman–Crippen LogP) is 1.45. The maximum atomic E-state index is 13.3. The summed E-state index contributed by atoms with van der Waals surface area (Å²) in [4.78, 5) is 26.3. The summed E-state index contributed by atoms with van der Waals surface area (Å²) in [5.74, 6) is -2.74. The Hall–Kier alpha value is -2.35. The molecule has 0 unspecified atom stereocenters. The van der Waals surface area contributed by atoms with Crippen molar-refractivity contribution in [2.45, 2.75) is 6.54 Å². The van der Waals surface area contributed by atoms with Crippen LogP contribution in [-0.4, -0.2) is 16.8 Å². The highest BCUT2D eigenvalue weighted by molar-refractivity contribution is 7.11. The highest BCUT2D eigenvalue weighted by atomic mass is 32.1. The summed E-state index contributed by atoms with van der Waals surface area (Å²) in [6, 6.07) is 3.06. The first-order valence-corrected chi connectivity index (χ1v) is 6.33. The standard InChI is InChI=1S/C12H9F2N3O2S/c13-7-2-1-6(8(14)3-7)4-16-11(19)9-5-20-12(17-9)10(15)18/h1-3,5H,4H2,(H2,15,18)(H,16,19). The van der Waals surface area contributed by atoms with Crippen LogP contribution >= 0.6 is 11.3 Å². The van der Waals surface area contributed by atoms with Gasteiger partial charge < -0.3 is 11.1 Å². The summed E-state index contributed by atoms with van der Waals surface area (Å²) >= 11 is 0.943. The molecule has 1 heterocycles. The van der Waals surface area contributed by atoms with E-state index in [1.54, 1.807) is 0 Å². The summed E-state index contributed by atoms with van der Waals surface area (Å²) < 4.78 is 26.1. The Kier molecular flexibility index (Phi) is 4.04. The second-order valence-corrected chi connectivity index (χ2v) is 4.68. The van der Waals surface area contributed by atoms with Crippen LogP contribution in [0.25, 0.3) is 0 Å². The van der Waals surface area contributed by atoms with Crippen LogP contribution < -0.4 is 11.1 Å². The number of amides is 2. The van der Waals surface area contributed by atoms with E-state index in [1.807, 2.05) is 0 Å². The number of thiazole rings is 1. The third kappa shape index (κ3) is 3.15. The van der Waals surface area contributed by atoms with Gasteiger partial charge >= 0.3 is 0 Å². The van der Waals surface area contributed by atoms with Gasteiger partial charge in [-0.05, 0) is 6.07 Å². The van der Waals surface area contributed by atoms with Crippen molar-refractivity contribution < 1.29 is 18.4 Å². The molecule has 0 aliphatic heterocycles. The highest BCUT2D eigenvalue weighted by Gasteiger charge is 2.14. The van der Waals surface area contributed by atoms with Crippen LogP contribution in [0.1, 0.15) is 25.9 Å². The number of benzene rings is 1. The maximum absolute atomic E-state index is 13.3. The van der Waals surface area contributed by atoms with E-state index < -0.39 is 23.4 Å². The molecule has 0 spiro atoms. The number of aromatic nitrogens is 1. The molecule has 1 aromatic carbocycles. The highest BCUT2D eigenvalue weighted by Crippen LogP contribution is 2.11. The van der Waals surface area contributed by atoms with E-state index in [0.29, 0.717) is 0 Å². The lowest BCUT2D eigenvalue weighted by Crippen LogP contribution is -2.24. The zero-order valence-corrected chi connectivity index (χ0v) is 10.8. The van der Waals surface area contributed by atoms with Gasteiger partial charge in [-0.25, -0.2) is 13.8 Å². The molecule has 2 amide bonds. The molecule has 2 rings (SSSR count). The van der Waals surface area contributed by atoms with E-state index in [1.165, 1.54) is 11.4 Å². The van der Waals surface area contributed by atoms with Crippen LogP contribution in [0.3, 0.4) is 0 Å². The van der Waals surface area contributed by atoms with Crippen LogP contribution in [0.4, 0.5) is 8.78 Å². The Bertz CT molecular complexity index is 672. The lowest BCUT2D eigenvalue weighted by Gasteiger charge is -2.04. The fourth-order valence-electron chi connectivity index (χ4n) is 1.42. The number of hydrogen-bond acceptors (Lipinski definition) is 4. The zero-order chi connectivity index (χ0) is 14.7. The molecule has 8 heteroatoms. The van der Waals surface area contributed by atoms with Crippen molar-refractivity contribution in [1.29, 1.82) is 0 Å². The summed E-state index contributed by atoms with van der Waals surface area (Å²) in [7, 11) is 0. The molecular formula is C12H9F2N3O2S. The third-order valence-electron chi connectivity index (χ3n) is 2.40.